The normalized spacial score (nSPS) is 10.9. The van der Waals surface area contributed by atoms with Crippen molar-refractivity contribution in [2.24, 2.45) is 0 Å². The maximum absolute atomic E-state index is 12.4. The summed E-state index contributed by atoms with van der Waals surface area (Å²) in [5, 5.41) is 5.56. The first-order valence-electron chi connectivity index (χ1n) is 8.30. The van der Waals surface area contributed by atoms with Gasteiger partial charge in [-0.05, 0) is 36.8 Å². The number of para-hydroxylation sites is 1. The molecule has 136 valence electrons. The Labute approximate surface area is 165 Å². The number of fused-ring (bicyclic) bond motifs is 1. The highest BCUT2D eigenvalue weighted by atomic mass is 35.5. The number of nitrogens with one attached hydrogen (secondary N) is 1. The van der Waals surface area contributed by atoms with Crippen LogP contribution in [0.4, 0.5) is 5.69 Å². The fourth-order valence-electron chi connectivity index (χ4n) is 2.71. The first-order valence-corrected chi connectivity index (χ1v) is 9.56. The third kappa shape index (κ3) is 3.82. The SMILES string of the molecule is Cc1cc(OCC(=O)Nc2ccccc2-c2cn3ccsc3n2)ccc1Cl. The molecule has 4 rings (SSSR count). The average Bonchev–Trinajstić information content (AvgIpc) is 3.25. The topological polar surface area (TPSA) is 55.6 Å². The number of carbonyl (C=O) groups excluding carboxylic acids is 1. The van der Waals surface area contributed by atoms with E-state index in [0.29, 0.717) is 16.5 Å². The molecule has 7 heteroatoms. The second-order valence-corrected chi connectivity index (χ2v) is 7.29. The Kier molecular flexibility index (Phi) is 4.83. The number of aromatic nitrogens is 2. The lowest BCUT2D eigenvalue weighted by Gasteiger charge is -2.11. The van der Waals surface area contributed by atoms with E-state index in [1.807, 2.05) is 53.4 Å². The van der Waals surface area contributed by atoms with Crippen LogP contribution in [0.5, 0.6) is 5.75 Å². The van der Waals surface area contributed by atoms with Crippen molar-refractivity contribution in [3.8, 4) is 17.0 Å². The maximum Gasteiger partial charge on any atom is 0.262 e. The van der Waals surface area contributed by atoms with Crippen molar-refractivity contribution >= 4 is 39.5 Å². The van der Waals surface area contributed by atoms with E-state index < -0.39 is 0 Å². The Balaban J connectivity index is 1.48. The van der Waals surface area contributed by atoms with E-state index in [4.69, 9.17) is 16.3 Å². The number of amides is 1. The van der Waals surface area contributed by atoms with Gasteiger partial charge in [-0.3, -0.25) is 9.20 Å². The van der Waals surface area contributed by atoms with Crippen LogP contribution in [0.2, 0.25) is 5.02 Å². The van der Waals surface area contributed by atoms with Gasteiger partial charge in [0, 0.05) is 28.4 Å². The van der Waals surface area contributed by atoms with Gasteiger partial charge < -0.3 is 10.1 Å². The largest absolute Gasteiger partial charge is 0.484 e. The number of hydrogen-bond donors (Lipinski definition) is 1. The maximum atomic E-state index is 12.4. The summed E-state index contributed by atoms with van der Waals surface area (Å²) in [7, 11) is 0. The van der Waals surface area contributed by atoms with Gasteiger partial charge in [-0.15, -0.1) is 11.3 Å². The molecular formula is C20H16ClN3O2S. The molecule has 0 aliphatic carbocycles. The molecule has 0 atom stereocenters. The lowest BCUT2D eigenvalue weighted by molar-refractivity contribution is -0.118. The van der Waals surface area contributed by atoms with Crippen LogP contribution in [-0.2, 0) is 4.79 Å². The van der Waals surface area contributed by atoms with E-state index in [2.05, 4.69) is 10.3 Å². The van der Waals surface area contributed by atoms with Crippen molar-refractivity contribution in [3.05, 3.63) is 70.8 Å². The van der Waals surface area contributed by atoms with Gasteiger partial charge in [-0.2, -0.15) is 0 Å². The van der Waals surface area contributed by atoms with Crippen LogP contribution in [0.25, 0.3) is 16.2 Å². The van der Waals surface area contributed by atoms with E-state index in [-0.39, 0.29) is 12.5 Å². The first kappa shape index (κ1) is 17.6. The second-order valence-electron chi connectivity index (χ2n) is 6.01. The number of thiazole rings is 1. The molecule has 2 aromatic heterocycles. The lowest BCUT2D eigenvalue weighted by atomic mass is 10.1. The van der Waals surface area contributed by atoms with Gasteiger partial charge in [-0.1, -0.05) is 29.8 Å². The number of nitrogens with zero attached hydrogens (tertiary/aromatic N) is 2. The van der Waals surface area contributed by atoms with E-state index in [9.17, 15) is 4.79 Å². The number of carbonyl (C=O) groups is 1. The number of halogens is 1. The molecule has 0 unspecified atom stereocenters. The van der Waals surface area contributed by atoms with Gasteiger partial charge >= 0.3 is 0 Å². The Morgan fingerprint density at radius 3 is 2.96 bits per heavy atom. The molecule has 27 heavy (non-hydrogen) atoms. The number of anilines is 1. The highest BCUT2D eigenvalue weighted by Crippen LogP contribution is 2.28. The van der Waals surface area contributed by atoms with E-state index >= 15 is 0 Å². The quantitative estimate of drug-likeness (QED) is 0.513. The average molecular weight is 398 g/mol. The molecule has 0 fully saturated rings. The summed E-state index contributed by atoms with van der Waals surface area (Å²) in [6, 6.07) is 12.9. The molecule has 0 aliphatic heterocycles. The van der Waals surface area contributed by atoms with Gasteiger partial charge in [0.15, 0.2) is 11.6 Å². The fraction of sp³-hybridized carbons (Fsp3) is 0.100. The third-order valence-electron chi connectivity index (χ3n) is 4.07. The van der Waals surface area contributed by atoms with Crippen molar-refractivity contribution < 1.29 is 9.53 Å². The predicted octanol–water partition coefficient (Wildman–Crippen LogP) is 5.04. The van der Waals surface area contributed by atoms with Crippen LogP contribution in [0, 0.1) is 6.92 Å². The first-order chi connectivity index (χ1) is 13.1. The molecular weight excluding hydrogens is 382 g/mol. The van der Waals surface area contributed by atoms with Crippen LogP contribution >= 0.6 is 22.9 Å². The van der Waals surface area contributed by atoms with Gasteiger partial charge in [0.25, 0.3) is 5.91 Å². The van der Waals surface area contributed by atoms with Crippen LogP contribution in [0.15, 0.2) is 60.2 Å². The molecule has 0 spiro atoms. The summed E-state index contributed by atoms with van der Waals surface area (Å²) in [5.74, 6) is 0.366. The minimum atomic E-state index is -0.240. The van der Waals surface area contributed by atoms with Crippen LogP contribution in [0.1, 0.15) is 5.56 Å². The minimum absolute atomic E-state index is 0.0896. The summed E-state index contributed by atoms with van der Waals surface area (Å²) in [6.45, 7) is 1.80. The number of hydrogen-bond acceptors (Lipinski definition) is 4. The second kappa shape index (κ2) is 7.42. The van der Waals surface area contributed by atoms with Crippen LogP contribution < -0.4 is 10.1 Å². The zero-order valence-electron chi connectivity index (χ0n) is 14.5. The van der Waals surface area contributed by atoms with Gasteiger partial charge in [0.2, 0.25) is 0 Å². The highest BCUT2D eigenvalue weighted by Gasteiger charge is 2.12. The molecule has 4 aromatic rings. The molecule has 1 amide bonds. The van der Waals surface area contributed by atoms with Crippen molar-refractivity contribution in [3.63, 3.8) is 0 Å². The minimum Gasteiger partial charge on any atom is -0.484 e. The Bertz CT molecular complexity index is 1090. The molecule has 0 saturated carbocycles. The molecule has 0 radical (unpaired) electrons. The Hall–Kier alpha value is -2.83. The summed E-state index contributed by atoms with van der Waals surface area (Å²) < 4.78 is 7.53. The lowest BCUT2D eigenvalue weighted by Crippen LogP contribution is -2.20. The molecule has 0 saturated heterocycles. The zero-order chi connectivity index (χ0) is 18.8. The summed E-state index contributed by atoms with van der Waals surface area (Å²) in [6.07, 6.45) is 3.91. The van der Waals surface area contributed by atoms with E-state index in [1.165, 1.54) is 0 Å². The molecule has 0 aliphatic rings. The molecule has 1 N–H and O–H groups in total. The summed E-state index contributed by atoms with van der Waals surface area (Å²) >= 11 is 7.57. The van der Waals surface area contributed by atoms with Crippen molar-refractivity contribution in [2.45, 2.75) is 6.92 Å². The Morgan fingerprint density at radius 2 is 2.15 bits per heavy atom. The molecule has 0 bridgehead atoms. The summed E-state index contributed by atoms with van der Waals surface area (Å²) in [4.78, 5) is 17.9. The van der Waals surface area contributed by atoms with Crippen molar-refractivity contribution in [2.75, 3.05) is 11.9 Å². The van der Waals surface area contributed by atoms with Crippen molar-refractivity contribution in [1.29, 1.82) is 0 Å². The van der Waals surface area contributed by atoms with Crippen LogP contribution in [0.3, 0.4) is 0 Å². The molecule has 5 nitrogen and oxygen atoms in total. The monoisotopic (exact) mass is 397 g/mol. The fourth-order valence-corrected chi connectivity index (χ4v) is 3.53. The number of benzene rings is 2. The summed E-state index contributed by atoms with van der Waals surface area (Å²) in [5.41, 5.74) is 3.28. The van der Waals surface area contributed by atoms with Gasteiger partial charge in [-0.25, -0.2) is 4.98 Å². The third-order valence-corrected chi connectivity index (χ3v) is 5.26. The molecule has 2 aromatic carbocycles. The standard InChI is InChI=1S/C20H16ClN3O2S/c1-13-10-14(6-7-16(13)21)26-12-19(25)22-17-5-3-2-4-15(17)18-11-24-8-9-27-20(24)23-18/h2-11H,12H2,1H3,(H,22,25). The zero-order valence-corrected chi connectivity index (χ0v) is 16.1. The number of rotatable bonds is 5. The van der Waals surface area contributed by atoms with E-state index in [0.717, 1.165) is 21.8 Å². The van der Waals surface area contributed by atoms with Gasteiger partial charge in [0.1, 0.15) is 5.75 Å². The predicted molar refractivity (Wildman–Crippen MR) is 109 cm³/mol. The number of ether oxygens (including phenoxy) is 1. The number of aryl methyl sites for hydroxylation is 1. The van der Waals surface area contributed by atoms with E-state index in [1.54, 1.807) is 29.5 Å². The number of imidazole rings is 1. The van der Waals surface area contributed by atoms with Crippen molar-refractivity contribution in [1.82, 2.24) is 9.38 Å². The van der Waals surface area contributed by atoms with Gasteiger partial charge in [0.05, 0.1) is 11.4 Å². The molecule has 2 heterocycles. The highest BCUT2D eigenvalue weighted by molar-refractivity contribution is 7.15. The Morgan fingerprint density at radius 1 is 1.30 bits per heavy atom. The van der Waals surface area contributed by atoms with Crippen LogP contribution in [-0.4, -0.2) is 21.9 Å². The smallest absolute Gasteiger partial charge is 0.262 e.